The number of aliphatic hydroxyl groups is 2. The van der Waals surface area contributed by atoms with Crippen molar-refractivity contribution in [2.24, 2.45) is 5.11 Å². The van der Waals surface area contributed by atoms with Crippen LogP contribution in [0.4, 0.5) is 5.69 Å². The van der Waals surface area contributed by atoms with Gasteiger partial charge in [0.1, 0.15) is 0 Å². The van der Waals surface area contributed by atoms with Gasteiger partial charge in [0, 0.05) is 28.8 Å². The number of nitrogens with zero attached hydrogens (tertiary/aromatic N) is 5. The SMILES string of the molecule is Cc1cn(C2CC(O)[C@@H](CO)S2)c(=O)n(Cc2ccc(N=[N+]=[N-])cc2)c1=O. The van der Waals surface area contributed by atoms with Crippen LogP contribution in [0, 0.1) is 6.92 Å². The third-order valence-corrected chi connectivity index (χ3v) is 6.05. The van der Waals surface area contributed by atoms with Gasteiger partial charge in [-0.25, -0.2) is 4.79 Å². The van der Waals surface area contributed by atoms with Crippen LogP contribution in [0.15, 0.2) is 45.2 Å². The molecular weight excluding hydrogens is 370 g/mol. The molecule has 2 unspecified atom stereocenters. The van der Waals surface area contributed by atoms with Crippen molar-refractivity contribution in [1.29, 1.82) is 0 Å². The van der Waals surface area contributed by atoms with Crippen LogP contribution in [0.1, 0.15) is 22.9 Å². The Labute approximate surface area is 158 Å². The van der Waals surface area contributed by atoms with Crippen LogP contribution in [0.5, 0.6) is 0 Å². The third kappa shape index (κ3) is 3.93. The molecule has 1 aliphatic rings. The third-order valence-electron chi connectivity index (χ3n) is 4.50. The van der Waals surface area contributed by atoms with Gasteiger partial charge in [0.25, 0.3) is 5.56 Å². The monoisotopic (exact) mass is 389 g/mol. The summed E-state index contributed by atoms with van der Waals surface area (Å²) >= 11 is 1.32. The molecule has 1 aromatic heterocycles. The zero-order chi connectivity index (χ0) is 19.6. The fourth-order valence-electron chi connectivity index (χ4n) is 3.06. The number of thioether (sulfide) groups is 1. The molecule has 27 heavy (non-hydrogen) atoms. The summed E-state index contributed by atoms with van der Waals surface area (Å²) in [5, 5.41) is 22.1. The molecule has 3 rings (SSSR count). The summed E-state index contributed by atoms with van der Waals surface area (Å²) in [6, 6.07) is 6.61. The number of aryl methyl sites for hydroxylation is 1. The molecule has 2 heterocycles. The average Bonchev–Trinajstić information content (AvgIpc) is 3.04. The maximum atomic E-state index is 12.9. The number of benzene rings is 1. The van der Waals surface area contributed by atoms with Crippen molar-refractivity contribution in [3.8, 4) is 0 Å². The number of azide groups is 1. The van der Waals surface area contributed by atoms with Gasteiger partial charge in [0.15, 0.2) is 0 Å². The van der Waals surface area contributed by atoms with Gasteiger partial charge < -0.3 is 10.2 Å². The van der Waals surface area contributed by atoms with E-state index in [1.807, 2.05) is 0 Å². The first-order valence-corrected chi connectivity index (χ1v) is 9.30. The first kappa shape index (κ1) is 19.2. The van der Waals surface area contributed by atoms with Gasteiger partial charge >= 0.3 is 5.69 Å². The Morgan fingerprint density at radius 1 is 1.33 bits per heavy atom. The molecule has 1 saturated heterocycles. The van der Waals surface area contributed by atoms with E-state index in [-0.39, 0.29) is 29.3 Å². The minimum absolute atomic E-state index is 0.0826. The van der Waals surface area contributed by atoms with Crippen molar-refractivity contribution in [2.45, 2.75) is 36.6 Å². The standard InChI is InChI=1S/C17H19N5O4S/c1-10-7-21(15-6-13(24)14(9-23)27-15)17(26)22(16(10)25)8-11-2-4-12(5-3-11)19-20-18/h2-5,7,13-15,23-24H,6,8-9H2,1H3/t13?,14-,15?/m1/s1. The van der Waals surface area contributed by atoms with Crippen molar-refractivity contribution >= 4 is 17.4 Å². The van der Waals surface area contributed by atoms with E-state index < -0.39 is 11.8 Å². The van der Waals surface area contributed by atoms with E-state index in [2.05, 4.69) is 10.0 Å². The molecule has 0 spiro atoms. The Balaban J connectivity index is 1.96. The molecule has 0 radical (unpaired) electrons. The Hall–Kier alpha value is -2.52. The molecule has 9 nitrogen and oxygen atoms in total. The van der Waals surface area contributed by atoms with Crippen molar-refractivity contribution in [3.05, 3.63) is 72.9 Å². The van der Waals surface area contributed by atoms with E-state index in [4.69, 9.17) is 5.53 Å². The summed E-state index contributed by atoms with van der Waals surface area (Å²) in [5.74, 6) is 0. The second-order valence-electron chi connectivity index (χ2n) is 6.36. The predicted octanol–water partition coefficient (Wildman–Crippen LogP) is 1.67. The molecule has 142 valence electrons. The molecule has 1 fully saturated rings. The highest BCUT2D eigenvalue weighted by Gasteiger charge is 2.35. The van der Waals surface area contributed by atoms with Gasteiger partial charge in [-0.3, -0.25) is 13.9 Å². The maximum Gasteiger partial charge on any atom is 0.332 e. The molecule has 2 aromatic rings. The van der Waals surface area contributed by atoms with Crippen LogP contribution >= 0.6 is 11.8 Å². The summed E-state index contributed by atoms with van der Waals surface area (Å²) in [6.45, 7) is 1.55. The lowest BCUT2D eigenvalue weighted by Gasteiger charge is -2.17. The van der Waals surface area contributed by atoms with E-state index in [0.717, 1.165) is 10.1 Å². The topological polar surface area (TPSA) is 133 Å². The van der Waals surface area contributed by atoms with E-state index in [0.29, 0.717) is 17.7 Å². The predicted molar refractivity (Wildman–Crippen MR) is 102 cm³/mol. The van der Waals surface area contributed by atoms with Gasteiger partial charge in [-0.05, 0) is 18.0 Å². The van der Waals surface area contributed by atoms with Crippen LogP contribution < -0.4 is 11.2 Å². The molecule has 10 heteroatoms. The minimum atomic E-state index is -0.703. The molecular formula is C17H19N5O4S. The Morgan fingerprint density at radius 2 is 2.04 bits per heavy atom. The Bertz CT molecular complexity index is 994. The fourth-order valence-corrected chi connectivity index (χ4v) is 4.43. The highest BCUT2D eigenvalue weighted by atomic mass is 32.2. The minimum Gasteiger partial charge on any atom is -0.395 e. The molecule has 0 saturated carbocycles. The molecule has 1 aromatic carbocycles. The van der Waals surface area contributed by atoms with Crippen molar-refractivity contribution in [3.63, 3.8) is 0 Å². The Morgan fingerprint density at radius 3 is 2.63 bits per heavy atom. The lowest BCUT2D eigenvalue weighted by Crippen LogP contribution is -2.41. The van der Waals surface area contributed by atoms with E-state index in [1.54, 1.807) is 31.2 Å². The zero-order valence-corrected chi connectivity index (χ0v) is 15.4. The number of rotatable bonds is 5. The van der Waals surface area contributed by atoms with Crippen LogP contribution in [0.2, 0.25) is 0 Å². The quantitative estimate of drug-likeness (QED) is 0.456. The summed E-state index contributed by atoms with van der Waals surface area (Å²) < 4.78 is 2.60. The van der Waals surface area contributed by atoms with Gasteiger partial charge in [-0.1, -0.05) is 29.4 Å². The zero-order valence-electron chi connectivity index (χ0n) is 14.6. The van der Waals surface area contributed by atoms with E-state index in [1.165, 1.54) is 22.5 Å². The fraction of sp³-hybridized carbons (Fsp3) is 0.412. The molecule has 3 atom stereocenters. The normalized spacial score (nSPS) is 21.8. The van der Waals surface area contributed by atoms with Crippen molar-refractivity contribution in [2.75, 3.05) is 6.61 Å². The summed E-state index contributed by atoms with van der Waals surface area (Å²) in [7, 11) is 0. The average molecular weight is 389 g/mol. The number of hydrogen-bond donors (Lipinski definition) is 2. The molecule has 1 aliphatic heterocycles. The van der Waals surface area contributed by atoms with E-state index >= 15 is 0 Å². The first-order chi connectivity index (χ1) is 12.9. The highest BCUT2D eigenvalue weighted by molar-refractivity contribution is 8.00. The Kier molecular flexibility index (Phi) is 5.71. The van der Waals surface area contributed by atoms with Gasteiger partial charge in [0.05, 0.1) is 29.9 Å². The smallest absolute Gasteiger partial charge is 0.332 e. The van der Waals surface area contributed by atoms with Gasteiger partial charge in [-0.15, -0.1) is 11.8 Å². The van der Waals surface area contributed by atoms with Crippen molar-refractivity contribution in [1.82, 2.24) is 9.13 Å². The lowest BCUT2D eigenvalue weighted by atomic mass is 10.2. The summed E-state index contributed by atoms with van der Waals surface area (Å²) in [4.78, 5) is 28.1. The second-order valence-corrected chi connectivity index (χ2v) is 7.79. The lowest BCUT2D eigenvalue weighted by molar-refractivity contribution is 0.137. The van der Waals surface area contributed by atoms with Crippen LogP contribution in [0.25, 0.3) is 10.4 Å². The largest absolute Gasteiger partial charge is 0.395 e. The van der Waals surface area contributed by atoms with Crippen LogP contribution in [-0.4, -0.2) is 37.3 Å². The molecule has 2 N–H and O–H groups in total. The maximum absolute atomic E-state index is 12.9. The van der Waals surface area contributed by atoms with Gasteiger partial charge in [-0.2, -0.15) is 0 Å². The van der Waals surface area contributed by atoms with Crippen molar-refractivity contribution < 1.29 is 10.2 Å². The molecule has 0 bridgehead atoms. The second kappa shape index (κ2) is 8.01. The van der Waals surface area contributed by atoms with Crippen LogP contribution in [-0.2, 0) is 6.54 Å². The first-order valence-electron chi connectivity index (χ1n) is 8.35. The molecule has 0 amide bonds. The van der Waals surface area contributed by atoms with Gasteiger partial charge in [0.2, 0.25) is 0 Å². The van der Waals surface area contributed by atoms with E-state index in [9.17, 15) is 19.8 Å². The number of hydrogen-bond acceptors (Lipinski definition) is 6. The van der Waals surface area contributed by atoms with Crippen LogP contribution in [0.3, 0.4) is 0 Å². The number of aromatic nitrogens is 2. The summed E-state index contributed by atoms with van der Waals surface area (Å²) in [6.07, 6.45) is 1.13. The highest BCUT2D eigenvalue weighted by Crippen LogP contribution is 2.40. The summed E-state index contributed by atoms with van der Waals surface area (Å²) in [5.41, 5.74) is 9.19. The molecule has 0 aliphatic carbocycles. The number of aliphatic hydroxyl groups excluding tert-OH is 2.